The topological polar surface area (TPSA) is 36.6 Å². The van der Waals surface area contributed by atoms with Gasteiger partial charge in [0.1, 0.15) is 5.56 Å². The molecule has 0 saturated carbocycles. The van der Waals surface area contributed by atoms with Crippen LogP contribution in [0, 0.1) is 6.07 Å². The monoisotopic (exact) mass is 393 g/mol. The van der Waals surface area contributed by atoms with Gasteiger partial charge in [-0.1, -0.05) is 72.8 Å². The van der Waals surface area contributed by atoms with E-state index in [2.05, 4.69) is 10.9 Å². The fourth-order valence-electron chi connectivity index (χ4n) is 3.06. The second-order valence-corrected chi connectivity index (χ2v) is 6.58. The number of ether oxygens (including phenoxy) is 1. The molecule has 0 radical (unpaired) electrons. The predicted octanol–water partition coefficient (Wildman–Crippen LogP) is 3.91. The Bertz CT molecular complexity index is 1230. The van der Waals surface area contributed by atoms with Crippen LogP contribution in [0.25, 0.3) is 22.2 Å². The van der Waals surface area contributed by atoms with Crippen molar-refractivity contribution < 1.29 is 9.84 Å². The average molecular weight is 393 g/mol. The summed E-state index contributed by atoms with van der Waals surface area (Å²) in [6.07, 6.45) is 5.05. The van der Waals surface area contributed by atoms with Gasteiger partial charge in [0, 0.05) is 0 Å². The van der Waals surface area contributed by atoms with E-state index in [-0.39, 0.29) is 0 Å². The largest absolute Gasteiger partial charge is 0.617 e. The van der Waals surface area contributed by atoms with Crippen molar-refractivity contribution >= 4 is 17.3 Å². The van der Waals surface area contributed by atoms with Gasteiger partial charge in [-0.25, -0.2) is 0 Å². The van der Waals surface area contributed by atoms with Crippen molar-refractivity contribution in [2.75, 3.05) is 7.11 Å². The Balaban J connectivity index is 2.16. The molecule has 0 heterocycles. The normalized spacial score (nSPS) is 13.3. The van der Waals surface area contributed by atoms with Crippen LogP contribution in [0.1, 0.15) is 18.1 Å². The average Bonchev–Trinajstić information content (AvgIpc) is 2.80. The lowest BCUT2D eigenvalue weighted by molar-refractivity contribution is -0.353. The Morgan fingerprint density at radius 3 is 2.20 bits per heavy atom. The number of nitrogens with zero attached hydrogens (tertiary/aromatic N) is 1. The summed E-state index contributed by atoms with van der Waals surface area (Å²) in [6.45, 7) is 2.04. The highest BCUT2D eigenvalue weighted by Crippen LogP contribution is 2.22. The van der Waals surface area contributed by atoms with Gasteiger partial charge in [0.25, 0.3) is 0 Å². The summed E-state index contributed by atoms with van der Waals surface area (Å²) in [5.41, 5.74) is 3.91. The van der Waals surface area contributed by atoms with Crippen molar-refractivity contribution in [1.82, 2.24) is 0 Å². The first-order chi connectivity index (χ1) is 14.7. The van der Waals surface area contributed by atoms with E-state index in [0.717, 1.165) is 32.7 Å². The highest BCUT2D eigenvalue weighted by Gasteiger charge is 2.05. The number of rotatable bonds is 4. The van der Waals surface area contributed by atoms with Crippen LogP contribution in [-0.2, 0) is 4.74 Å². The summed E-state index contributed by atoms with van der Waals surface area (Å²) in [5.74, 6) is -0.391. The van der Waals surface area contributed by atoms with E-state index in [1.807, 2.05) is 91.9 Å². The van der Waals surface area contributed by atoms with Gasteiger partial charge in [0.15, 0.2) is 0 Å². The molecule has 3 nitrogen and oxygen atoms in total. The van der Waals surface area contributed by atoms with E-state index in [1.54, 1.807) is 12.3 Å². The highest BCUT2D eigenvalue weighted by atomic mass is 16.6. The second-order valence-electron chi connectivity index (χ2n) is 6.58. The SMILES string of the molecule is CO/C([O-])=C/C=C(/C(C)=c1\cccc\c1=C\[N+]#Cc1ccccc1)c1ccccc1. The standard InChI is InChI=1S/C27H23NO2/c1-21(26(17-18-27(29)30-2)23-13-7-4-8-14-23)25-16-10-9-15-24(25)20-28-19-22-11-5-3-6-12-22/h3-18,20H,1-2H3/b24-20-,25-21+,26-17-,27-18+. The van der Waals surface area contributed by atoms with E-state index >= 15 is 0 Å². The summed E-state index contributed by atoms with van der Waals surface area (Å²) in [5, 5.41) is 13.7. The minimum absolute atomic E-state index is 0.391. The number of methoxy groups -OCH3 is 1. The first-order valence-corrected chi connectivity index (χ1v) is 9.65. The van der Waals surface area contributed by atoms with E-state index in [1.165, 1.54) is 13.2 Å². The summed E-state index contributed by atoms with van der Waals surface area (Å²) in [4.78, 5) is 4.38. The molecule has 30 heavy (non-hydrogen) atoms. The van der Waals surface area contributed by atoms with Gasteiger partial charge in [-0.3, -0.25) is 0 Å². The van der Waals surface area contributed by atoms with Crippen LogP contribution in [-0.4, -0.2) is 7.11 Å². The molecule has 0 amide bonds. The van der Waals surface area contributed by atoms with Crippen molar-refractivity contribution in [3.8, 4) is 6.07 Å². The van der Waals surface area contributed by atoms with Gasteiger partial charge in [-0.15, -0.1) is 0 Å². The lowest BCUT2D eigenvalue weighted by atomic mass is 9.96. The number of allylic oxidation sites excluding steroid dienone is 3. The van der Waals surface area contributed by atoms with Gasteiger partial charge in [0.2, 0.25) is 0 Å². The molecule has 0 aromatic heterocycles. The molecular formula is C27H23NO2. The predicted molar refractivity (Wildman–Crippen MR) is 122 cm³/mol. The molecule has 0 spiro atoms. The van der Waals surface area contributed by atoms with E-state index in [0.29, 0.717) is 0 Å². The summed E-state index contributed by atoms with van der Waals surface area (Å²) < 4.78 is 4.76. The molecule has 3 aromatic rings. The van der Waals surface area contributed by atoms with Crippen LogP contribution in [0.2, 0.25) is 0 Å². The third-order valence-corrected chi connectivity index (χ3v) is 4.61. The molecule has 0 saturated heterocycles. The Labute approximate surface area is 177 Å². The highest BCUT2D eigenvalue weighted by molar-refractivity contribution is 5.97. The maximum Gasteiger partial charge on any atom is 0.319 e. The van der Waals surface area contributed by atoms with Gasteiger partial charge >= 0.3 is 12.3 Å². The van der Waals surface area contributed by atoms with Gasteiger partial charge in [-0.05, 0) is 65.1 Å². The second kappa shape index (κ2) is 10.5. The van der Waals surface area contributed by atoms with E-state index in [4.69, 9.17) is 4.74 Å². The number of benzene rings is 3. The van der Waals surface area contributed by atoms with Crippen LogP contribution in [0.3, 0.4) is 0 Å². The number of hydrogen-bond acceptors (Lipinski definition) is 2. The molecule has 0 aliphatic rings. The van der Waals surface area contributed by atoms with Crippen molar-refractivity contribution in [2.45, 2.75) is 6.92 Å². The van der Waals surface area contributed by atoms with E-state index < -0.39 is 5.95 Å². The minimum Gasteiger partial charge on any atom is -0.617 e. The van der Waals surface area contributed by atoms with Crippen LogP contribution in [0.15, 0.2) is 103 Å². The molecule has 0 bridgehead atoms. The fraction of sp³-hybridized carbons (Fsp3) is 0.0741. The first kappa shape index (κ1) is 20.7. The zero-order valence-electron chi connectivity index (χ0n) is 17.1. The van der Waals surface area contributed by atoms with Gasteiger partial charge in [0.05, 0.1) is 11.2 Å². The maximum absolute atomic E-state index is 11.7. The molecular weight excluding hydrogens is 370 g/mol. The third kappa shape index (κ3) is 5.50. The van der Waals surface area contributed by atoms with Crippen LogP contribution in [0.4, 0.5) is 0 Å². The lowest BCUT2D eigenvalue weighted by Gasteiger charge is -2.10. The Hall–Kier alpha value is -4.03. The molecule has 0 unspecified atom stereocenters. The Kier molecular flexibility index (Phi) is 7.24. The smallest absolute Gasteiger partial charge is 0.319 e. The summed E-state index contributed by atoms with van der Waals surface area (Å²) >= 11 is 0. The molecule has 148 valence electrons. The molecule has 3 rings (SSSR count). The van der Waals surface area contributed by atoms with Crippen molar-refractivity contribution in [1.29, 1.82) is 0 Å². The third-order valence-electron chi connectivity index (χ3n) is 4.61. The van der Waals surface area contributed by atoms with Crippen LogP contribution < -0.4 is 15.5 Å². The Morgan fingerprint density at radius 2 is 1.50 bits per heavy atom. The molecule has 0 atom stereocenters. The van der Waals surface area contributed by atoms with Gasteiger partial charge < -0.3 is 9.84 Å². The van der Waals surface area contributed by atoms with Crippen LogP contribution >= 0.6 is 0 Å². The number of hydrogen-bond donors (Lipinski definition) is 0. The van der Waals surface area contributed by atoms with Crippen LogP contribution in [0.5, 0.6) is 0 Å². The first-order valence-electron chi connectivity index (χ1n) is 9.65. The molecule has 3 heteroatoms. The summed E-state index contributed by atoms with van der Waals surface area (Å²) in [7, 11) is 1.37. The fourth-order valence-corrected chi connectivity index (χ4v) is 3.06. The Morgan fingerprint density at radius 1 is 0.867 bits per heavy atom. The maximum atomic E-state index is 11.7. The van der Waals surface area contributed by atoms with Gasteiger partial charge in [-0.2, -0.15) is 0 Å². The lowest BCUT2D eigenvalue weighted by Crippen LogP contribution is -2.25. The molecule has 0 aliphatic carbocycles. The quantitative estimate of drug-likeness (QED) is 0.498. The molecule has 0 fully saturated rings. The minimum atomic E-state index is -0.391. The van der Waals surface area contributed by atoms with Crippen molar-refractivity contribution in [3.63, 3.8) is 0 Å². The van der Waals surface area contributed by atoms with Crippen molar-refractivity contribution in [2.24, 2.45) is 0 Å². The molecule has 0 aliphatic heterocycles. The summed E-state index contributed by atoms with van der Waals surface area (Å²) in [6, 6.07) is 30.8. The zero-order valence-corrected chi connectivity index (χ0v) is 17.1. The zero-order chi connectivity index (χ0) is 21.2. The van der Waals surface area contributed by atoms with Crippen molar-refractivity contribution in [3.05, 3.63) is 129 Å². The molecule has 3 aromatic carbocycles. The molecule has 0 N–H and O–H groups in total. The van der Waals surface area contributed by atoms with E-state index in [9.17, 15) is 5.11 Å².